The highest BCUT2D eigenvalue weighted by Gasteiger charge is 2.04. The van der Waals surface area contributed by atoms with Crippen LogP contribution in [0.1, 0.15) is 39.5 Å². The predicted molar refractivity (Wildman–Crippen MR) is 68.7 cm³/mol. The van der Waals surface area contributed by atoms with Crippen molar-refractivity contribution in [2.24, 2.45) is 0 Å². The van der Waals surface area contributed by atoms with Gasteiger partial charge in [0.25, 0.3) is 0 Å². The predicted octanol–water partition coefficient (Wildman–Crippen LogP) is 2.46. The summed E-state index contributed by atoms with van der Waals surface area (Å²) in [5.74, 6) is 1.11. The number of hydrogen-bond acceptors (Lipinski definition) is 4. The summed E-state index contributed by atoms with van der Waals surface area (Å²) < 4.78 is 0. The lowest BCUT2D eigenvalue weighted by atomic mass is 10.1. The van der Waals surface area contributed by atoms with Crippen molar-refractivity contribution in [3.05, 3.63) is 6.33 Å². The molecule has 0 amide bonds. The molecule has 16 heavy (non-hydrogen) atoms. The molecular weight excluding hydrogens is 220 g/mol. The van der Waals surface area contributed by atoms with E-state index < -0.39 is 0 Å². The van der Waals surface area contributed by atoms with Crippen LogP contribution in [0.2, 0.25) is 0 Å². The molecular formula is C11H22N4S. The number of aromatic amines is 1. The van der Waals surface area contributed by atoms with Crippen LogP contribution in [-0.2, 0) is 0 Å². The minimum absolute atomic E-state index is 0.676. The summed E-state index contributed by atoms with van der Waals surface area (Å²) in [6.07, 6.45) is 6.45. The lowest BCUT2D eigenvalue weighted by Gasteiger charge is -2.15. The number of nitrogens with zero attached hydrogens (tertiary/aromatic N) is 2. The van der Waals surface area contributed by atoms with Gasteiger partial charge >= 0.3 is 0 Å². The Labute approximate surface area is 102 Å². The van der Waals surface area contributed by atoms with E-state index >= 15 is 0 Å². The van der Waals surface area contributed by atoms with Gasteiger partial charge in [0.15, 0.2) is 5.16 Å². The fourth-order valence-electron chi connectivity index (χ4n) is 1.56. The zero-order valence-corrected chi connectivity index (χ0v) is 11.0. The van der Waals surface area contributed by atoms with Crippen molar-refractivity contribution < 1.29 is 0 Å². The van der Waals surface area contributed by atoms with Crippen molar-refractivity contribution in [3.63, 3.8) is 0 Å². The molecule has 0 bridgehead atoms. The highest BCUT2D eigenvalue weighted by Crippen LogP contribution is 2.14. The van der Waals surface area contributed by atoms with Crippen LogP contribution >= 0.6 is 11.8 Å². The maximum atomic E-state index is 4.08. The summed E-state index contributed by atoms with van der Waals surface area (Å²) in [5.41, 5.74) is 0. The molecule has 5 heteroatoms. The standard InChI is InChI=1S/C11H22N4S/c1-3-7-12-10(4-2)6-5-8-16-11-13-9-14-15-11/h9-10,12H,3-8H2,1-2H3,(H,13,14,15). The van der Waals surface area contributed by atoms with E-state index in [-0.39, 0.29) is 0 Å². The Balaban J connectivity index is 2.04. The molecule has 1 aromatic rings. The Morgan fingerprint density at radius 1 is 1.50 bits per heavy atom. The molecule has 0 aliphatic heterocycles. The molecule has 0 fully saturated rings. The second-order valence-corrected chi connectivity index (χ2v) is 4.92. The van der Waals surface area contributed by atoms with Gasteiger partial charge in [0.1, 0.15) is 6.33 Å². The van der Waals surface area contributed by atoms with Gasteiger partial charge in [0.05, 0.1) is 0 Å². The van der Waals surface area contributed by atoms with Gasteiger partial charge in [-0.15, -0.1) is 0 Å². The first-order valence-electron chi connectivity index (χ1n) is 6.08. The average Bonchev–Trinajstić information content (AvgIpc) is 2.81. The molecule has 0 spiro atoms. The van der Waals surface area contributed by atoms with Gasteiger partial charge in [0, 0.05) is 11.8 Å². The van der Waals surface area contributed by atoms with E-state index in [9.17, 15) is 0 Å². The van der Waals surface area contributed by atoms with Gasteiger partial charge in [-0.25, -0.2) is 4.98 Å². The van der Waals surface area contributed by atoms with Gasteiger partial charge in [0.2, 0.25) is 0 Å². The average molecular weight is 242 g/mol. The summed E-state index contributed by atoms with van der Waals surface area (Å²) >= 11 is 1.75. The molecule has 2 N–H and O–H groups in total. The summed E-state index contributed by atoms with van der Waals surface area (Å²) in [7, 11) is 0. The Morgan fingerprint density at radius 2 is 2.38 bits per heavy atom. The first kappa shape index (κ1) is 13.5. The number of nitrogens with one attached hydrogen (secondary N) is 2. The van der Waals surface area contributed by atoms with E-state index in [4.69, 9.17) is 0 Å². The van der Waals surface area contributed by atoms with Crippen molar-refractivity contribution in [3.8, 4) is 0 Å². The molecule has 1 aromatic heterocycles. The first-order chi connectivity index (χ1) is 7.86. The molecule has 0 aromatic carbocycles. The van der Waals surface area contributed by atoms with Crippen molar-refractivity contribution in [1.82, 2.24) is 20.5 Å². The first-order valence-corrected chi connectivity index (χ1v) is 7.06. The topological polar surface area (TPSA) is 53.6 Å². The number of H-pyrrole nitrogens is 1. The highest BCUT2D eigenvalue weighted by atomic mass is 32.2. The molecule has 0 radical (unpaired) electrons. The Morgan fingerprint density at radius 3 is 3.00 bits per heavy atom. The Kier molecular flexibility index (Phi) is 7.25. The van der Waals surface area contributed by atoms with E-state index in [1.165, 1.54) is 25.7 Å². The van der Waals surface area contributed by atoms with Crippen LogP contribution in [0.3, 0.4) is 0 Å². The molecule has 0 aliphatic rings. The molecule has 0 saturated heterocycles. The van der Waals surface area contributed by atoms with E-state index in [1.807, 2.05) is 0 Å². The van der Waals surface area contributed by atoms with Crippen molar-refractivity contribution in [2.75, 3.05) is 12.3 Å². The molecule has 92 valence electrons. The second-order valence-electron chi connectivity index (χ2n) is 3.84. The number of hydrogen-bond donors (Lipinski definition) is 2. The Bertz CT molecular complexity index is 250. The third-order valence-electron chi connectivity index (χ3n) is 2.50. The van der Waals surface area contributed by atoms with E-state index in [2.05, 4.69) is 34.3 Å². The summed E-state index contributed by atoms with van der Waals surface area (Å²) in [6, 6.07) is 0.676. The van der Waals surface area contributed by atoms with Crippen molar-refractivity contribution in [2.45, 2.75) is 50.7 Å². The smallest absolute Gasteiger partial charge is 0.183 e. The van der Waals surface area contributed by atoms with E-state index in [0.717, 1.165) is 17.5 Å². The van der Waals surface area contributed by atoms with Crippen LogP contribution in [0, 0.1) is 0 Å². The molecule has 4 nitrogen and oxygen atoms in total. The van der Waals surface area contributed by atoms with Gasteiger partial charge in [-0.1, -0.05) is 25.6 Å². The maximum Gasteiger partial charge on any atom is 0.183 e. The minimum Gasteiger partial charge on any atom is -0.314 e. The van der Waals surface area contributed by atoms with Gasteiger partial charge in [-0.3, -0.25) is 5.10 Å². The zero-order valence-electron chi connectivity index (χ0n) is 10.2. The number of aromatic nitrogens is 3. The maximum absolute atomic E-state index is 4.08. The monoisotopic (exact) mass is 242 g/mol. The van der Waals surface area contributed by atoms with Crippen LogP contribution in [0.4, 0.5) is 0 Å². The normalized spacial score (nSPS) is 12.9. The molecule has 1 heterocycles. The largest absolute Gasteiger partial charge is 0.314 e. The lowest BCUT2D eigenvalue weighted by molar-refractivity contribution is 0.465. The van der Waals surface area contributed by atoms with Crippen LogP contribution in [0.15, 0.2) is 11.5 Å². The number of rotatable bonds is 9. The Hall–Kier alpha value is -0.550. The highest BCUT2D eigenvalue weighted by molar-refractivity contribution is 7.99. The van der Waals surface area contributed by atoms with Gasteiger partial charge < -0.3 is 5.32 Å². The molecule has 0 aliphatic carbocycles. The fourth-order valence-corrected chi connectivity index (χ4v) is 2.30. The summed E-state index contributed by atoms with van der Waals surface area (Å²) in [4.78, 5) is 4.08. The van der Waals surface area contributed by atoms with Crippen LogP contribution in [-0.4, -0.2) is 33.5 Å². The zero-order chi connectivity index (χ0) is 11.6. The van der Waals surface area contributed by atoms with Crippen molar-refractivity contribution in [1.29, 1.82) is 0 Å². The quantitative estimate of drug-likeness (QED) is 0.516. The van der Waals surface area contributed by atoms with Gasteiger partial charge in [-0.2, -0.15) is 5.10 Å². The van der Waals surface area contributed by atoms with Crippen LogP contribution < -0.4 is 5.32 Å². The number of thioether (sulfide) groups is 1. The van der Waals surface area contributed by atoms with E-state index in [1.54, 1.807) is 18.1 Å². The summed E-state index contributed by atoms with van der Waals surface area (Å²) in [5, 5.41) is 11.2. The van der Waals surface area contributed by atoms with E-state index in [0.29, 0.717) is 6.04 Å². The SMILES string of the molecule is CCCNC(CC)CCCSc1ncn[nH]1. The van der Waals surface area contributed by atoms with Crippen LogP contribution in [0.25, 0.3) is 0 Å². The fraction of sp³-hybridized carbons (Fsp3) is 0.818. The molecule has 1 atom stereocenters. The van der Waals surface area contributed by atoms with Crippen LogP contribution in [0.5, 0.6) is 0 Å². The second kappa shape index (κ2) is 8.58. The third-order valence-corrected chi connectivity index (χ3v) is 3.47. The molecule has 1 rings (SSSR count). The molecule has 0 saturated carbocycles. The molecule has 1 unspecified atom stereocenters. The summed E-state index contributed by atoms with van der Waals surface area (Å²) in [6.45, 7) is 5.59. The third kappa shape index (κ3) is 5.51. The lowest BCUT2D eigenvalue weighted by Crippen LogP contribution is -2.29. The minimum atomic E-state index is 0.676. The van der Waals surface area contributed by atoms with Crippen molar-refractivity contribution >= 4 is 11.8 Å². The van der Waals surface area contributed by atoms with Gasteiger partial charge in [-0.05, 0) is 32.2 Å².